The van der Waals surface area contributed by atoms with E-state index >= 15 is 0 Å². The SMILES string of the molecule is CCC[C@@H](NCC(=O)Nc1nc(C)cs1)C(=O)O. The number of aromatic nitrogens is 1. The number of aryl methyl sites for hydroxylation is 1. The fraction of sp³-hybridized carbons (Fsp3) is 0.545. The summed E-state index contributed by atoms with van der Waals surface area (Å²) in [6, 6.07) is -0.682. The second-order valence-corrected chi connectivity index (χ2v) is 4.76. The van der Waals surface area contributed by atoms with Gasteiger partial charge in [0.2, 0.25) is 5.91 Å². The molecule has 1 amide bonds. The van der Waals surface area contributed by atoms with Gasteiger partial charge in [-0.15, -0.1) is 11.3 Å². The third-order valence-electron chi connectivity index (χ3n) is 2.25. The van der Waals surface area contributed by atoms with Crippen molar-refractivity contribution in [3.63, 3.8) is 0 Å². The first-order chi connectivity index (χ1) is 8.52. The van der Waals surface area contributed by atoms with Gasteiger partial charge in [-0.3, -0.25) is 14.9 Å². The molecular weight excluding hydrogens is 254 g/mol. The van der Waals surface area contributed by atoms with Gasteiger partial charge >= 0.3 is 5.97 Å². The molecule has 1 heterocycles. The number of carboxylic acids is 1. The number of carbonyl (C=O) groups excluding carboxylic acids is 1. The first-order valence-electron chi connectivity index (χ1n) is 5.71. The second kappa shape index (κ2) is 7.07. The second-order valence-electron chi connectivity index (χ2n) is 3.90. The van der Waals surface area contributed by atoms with Crippen LogP contribution in [-0.4, -0.2) is 34.6 Å². The number of amides is 1. The summed E-state index contributed by atoms with van der Waals surface area (Å²) in [5.74, 6) is -1.22. The molecule has 0 fully saturated rings. The molecule has 0 aliphatic carbocycles. The molecule has 0 spiro atoms. The van der Waals surface area contributed by atoms with Crippen molar-refractivity contribution in [3.05, 3.63) is 11.1 Å². The number of nitrogens with one attached hydrogen (secondary N) is 2. The molecule has 0 aliphatic heterocycles. The van der Waals surface area contributed by atoms with Crippen molar-refractivity contribution in [1.29, 1.82) is 0 Å². The van der Waals surface area contributed by atoms with E-state index in [-0.39, 0.29) is 12.5 Å². The van der Waals surface area contributed by atoms with Crippen LogP contribution in [-0.2, 0) is 9.59 Å². The molecule has 0 unspecified atom stereocenters. The Morgan fingerprint density at radius 2 is 2.28 bits per heavy atom. The zero-order valence-corrected chi connectivity index (χ0v) is 11.2. The van der Waals surface area contributed by atoms with E-state index in [1.165, 1.54) is 11.3 Å². The molecule has 0 radical (unpaired) electrons. The van der Waals surface area contributed by atoms with Crippen LogP contribution < -0.4 is 10.6 Å². The van der Waals surface area contributed by atoms with Crippen molar-refractivity contribution < 1.29 is 14.7 Å². The van der Waals surface area contributed by atoms with E-state index in [2.05, 4.69) is 15.6 Å². The van der Waals surface area contributed by atoms with Gasteiger partial charge in [-0.2, -0.15) is 0 Å². The highest BCUT2D eigenvalue weighted by Crippen LogP contribution is 2.13. The van der Waals surface area contributed by atoms with Crippen LogP contribution in [0.4, 0.5) is 5.13 Å². The zero-order valence-electron chi connectivity index (χ0n) is 10.4. The van der Waals surface area contributed by atoms with Gasteiger partial charge in [0.1, 0.15) is 6.04 Å². The lowest BCUT2D eigenvalue weighted by molar-refractivity contribution is -0.139. The van der Waals surface area contributed by atoms with Gasteiger partial charge < -0.3 is 10.4 Å². The maximum absolute atomic E-state index is 11.6. The van der Waals surface area contributed by atoms with Gasteiger partial charge in [-0.1, -0.05) is 13.3 Å². The number of aliphatic carboxylic acids is 1. The highest BCUT2D eigenvalue weighted by molar-refractivity contribution is 7.13. The predicted molar refractivity (Wildman–Crippen MR) is 69.8 cm³/mol. The standard InChI is InChI=1S/C11H17N3O3S/c1-3-4-8(10(16)17)12-5-9(15)14-11-13-7(2)6-18-11/h6,8,12H,3-5H2,1-2H3,(H,16,17)(H,13,14,15)/t8-/m1/s1. The van der Waals surface area contributed by atoms with Gasteiger partial charge in [0.25, 0.3) is 0 Å². The van der Waals surface area contributed by atoms with Gasteiger partial charge in [-0.05, 0) is 13.3 Å². The summed E-state index contributed by atoms with van der Waals surface area (Å²) in [7, 11) is 0. The van der Waals surface area contributed by atoms with Crippen molar-refractivity contribution in [3.8, 4) is 0 Å². The number of hydrogen-bond acceptors (Lipinski definition) is 5. The maximum Gasteiger partial charge on any atom is 0.320 e. The van der Waals surface area contributed by atoms with Crippen LogP contribution in [0.3, 0.4) is 0 Å². The minimum Gasteiger partial charge on any atom is -0.480 e. The minimum absolute atomic E-state index is 0.0321. The summed E-state index contributed by atoms with van der Waals surface area (Å²) < 4.78 is 0. The van der Waals surface area contributed by atoms with Gasteiger partial charge in [0.15, 0.2) is 5.13 Å². The van der Waals surface area contributed by atoms with E-state index in [1.54, 1.807) is 0 Å². The summed E-state index contributed by atoms with van der Waals surface area (Å²) in [5.41, 5.74) is 0.845. The van der Waals surface area contributed by atoms with Crippen molar-refractivity contribution in [2.45, 2.75) is 32.7 Å². The molecule has 3 N–H and O–H groups in total. The van der Waals surface area contributed by atoms with Gasteiger partial charge in [0.05, 0.1) is 12.2 Å². The molecule has 1 aromatic heterocycles. The van der Waals surface area contributed by atoms with Gasteiger partial charge in [-0.25, -0.2) is 4.98 Å². The number of anilines is 1. The Bertz CT molecular complexity index is 419. The lowest BCUT2D eigenvalue weighted by atomic mass is 10.2. The molecule has 18 heavy (non-hydrogen) atoms. The molecule has 1 atom stereocenters. The summed E-state index contributed by atoms with van der Waals surface area (Å²) in [5, 5.41) is 16.6. The Morgan fingerprint density at radius 1 is 1.56 bits per heavy atom. The number of rotatable bonds is 7. The topological polar surface area (TPSA) is 91.3 Å². The summed E-state index contributed by atoms with van der Waals surface area (Å²) in [6.07, 6.45) is 1.25. The van der Waals surface area contributed by atoms with Crippen LogP contribution in [0.1, 0.15) is 25.5 Å². The normalized spacial score (nSPS) is 12.1. The smallest absolute Gasteiger partial charge is 0.320 e. The van der Waals surface area contributed by atoms with E-state index in [4.69, 9.17) is 5.11 Å². The molecule has 0 bridgehead atoms. The van der Waals surface area contributed by atoms with Crippen molar-refractivity contribution in [2.75, 3.05) is 11.9 Å². The zero-order chi connectivity index (χ0) is 13.5. The fourth-order valence-electron chi connectivity index (χ4n) is 1.39. The van der Waals surface area contributed by atoms with Crippen LogP contribution in [0.2, 0.25) is 0 Å². The van der Waals surface area contributed by atoms with E-state index in [9.17, 15) is 9.59 Å². The molecule has 0 saturated carbocycles. The van der Waals surface area contributed by atoms with Crippen LogP contribution in [0.25, 0.3) is 0 Å². The Labute approximate surface area is 109 Å². The lowest BCUT2D eigenvalue weighted by Gasteiger charge is -2.12. The van der Waals surface area contributed by atoms with E-state index < -0.39 is 12.0 Å². The monoisotopic (exact) mass is 271 g/mol. The Balaban J connectivity index is 2.38. The molecule has 1 rings (SSSR count). The van der Waals surface area contributed by atoms with E-state index in [0.717, 1.165) is 12.1 Å². The summed E-state index contributed by atoms with van der Waals surface area (Å²) in [6.45, 7) is 3.71. The molecule has 7 heteroatoms. The molecule has 0 aromatic carbocycles. The fourth-order valence-corrected chi connectivity index (χ4v) is 2.10. The minimum atomic E-state index is -0.935. The van der Waals surface area contributed by atoms with Crippen LogP contribution in [0, 0.1) is 6.92 Å². The van der Waals surface area contributed by atoms with Crippen molar-refractivity contribution in [2.24, 2.45) is 0 Å². The van der Waals surface area contributed by atoms with Gasteiger partial charge in [0, 0.05) is 5.38 Å². The average Bonchev–Trinajstić information content (AvgIpc) is 2.69. The van der Waals surface area contributed by atoms with Crippen LogP contribution in [0.15, 0.2) is 5.38 Å². The number of carbonyl (C=O) groups is 2. The molecule has 1 aromatic rings. The van der Waals surface area contributed by atoms with Crippen molar-refractivity contribution >= 4 is 28.3 Å². The molecular formula is C11H17N3O3S. The Morgan fingerprint density at radius 3 is 2.78 bits per heavy atom. The molecule has 0 aliphatic rings. The third-order valence-corrected chi connectivity index (χ3v) is 3.13. The average molecular weight is 271 g/mol. The summed E-state index contributed by atoms with van der Waals surface area (Å²) >= 11 is 1.34. The first-order valence-corrected chi connectivity index (χ1v) is 6.59. The molecule has 100 valence electrons. The van der Waals surface area contributed by atoms with Crippen LogP contribution >= 0.6 is 11.3 Å². The largest absolute Gasteiger partial charge is 0.480 e. The van der Waals surface area contributed by atoms with Crippen molar-refractivity contribution in [1.82, 2.24) is 10.3 Å². The Kier molecular flexibility index (Phi) is 5.73. The predicted octanol–water partition coefficient (Wildman–Crippen LogP) is 1.23. The number of carboxylic acid groups (broad SMARTS) is 1. The molecule has 0 saturated heterocycles. The number of hydrogen-bond donors (Lipinski definition) is 3. The maximum atomic E-state index is 11.6. The van der Waals surface area contributed by atoms with Crippen LogP contribution in [0.5, 0.6) is 0 Å². The number of thiazole rings is 1. The highest BCUT2D eigenvalue weighted by atomic mass is 32.1. The Hall–Kier alpha value is -1.47. The lowest BCUT2D eigenvalue weighted by Crippen LogP contribution is -2.41. The third kappa shape index (κ3) is 4.80. The molecule has 6 nitrogen and oxygen atoms in total. The quantitative estimate of drug-likeness (QED) is 0.694. The summed E-state index contributed by atoms with van der Waals surface area (Å²) in [4.78, 5) is 26.5. The van der Waals surface area contributed by atoms with E-state index in [1.807, 2.05) is 19.2 Å². The highest BCUT2D eigenvalue weighted by Gasteiger charge is 2.16. The first kappa shape index (κ1) is 14.6. The van der Waals surface area contributed by atoms with E-state index in [0.29, 0.717) is 11.6 Å². The number of nitrogens with zero attached hydrogens (tertiary/aromatic N) is 1.